The zero-order valence-electron chi connectivity index (χ0n) is 8.17. The Bertz CT molecular complexity index is 176. The van der Waals surface area contributed by atoms with E-state index in [1.807, 2.05) is 13.1 Å². The molecule has 0 radical (unpaired) electrons. The minimum Gasteiger partial charge on any atom is -0.389 e. The third kappa shape index (κ3) is 3.67. The van der Waals surface area contributed by atoms with Crippen molar-refractivity contribution in [3.05, 3.63) is 11.6 Å². The molecular formula is C10H18ClNO. The average Bonchev–Trinajstić information content (AvgIpc) is 2.48. The minimum atomic E-state index is -0.436. The zero-order valence-corrected chi connectivity index (χ0v) is 8.93. The summed E-state index contributed by atoms with van der Waals surface area (Å²) in [5, 5.41) is 10.1. The number of hydrogen-bond donors (Lipinski definition) is 1. The van der Waals surface area contributed by atoms with Gasteiger partial charge >= 0.3 is 0 Å². The van der Waals surface area contributed by atoms with E-state index >= 15 is 0 Å². The number of halogens is 1. The fourth-order valence-corrected chi connectivity index (χ4v) is 2.06. The second-order valence-electron chi connectivity index (χ2n) is 3.99. The van der Waals surface area contributed by atoms with Crippen molar-refractivity contribution in [2.45, 2.75) is 31.3 Å². The van der Waals surface area contributed by atoms with E-state index in [4.69, 9.17) is 11.6 Å². The van der Waals surface area contributed by atoms with Crippen molar-refractivity contribution in [1.82, 2.24) is 4.90 Å². The maximum Gasteiger partial charge on any atom is 0.0774 e. The molecule has 0 saturated heterocycles. The van der Waals surface area contributed by atoms with Crippen molar-refractivity contribution in [3.63, 3.8) is 0 Å². The van der Waals surface area contributed by atoms with Crippen molar-refractivity contribution >= 4 is 11.6 Å². The molecule has 2 nitrogen and oxygen atoms in total. The third-order valence-electron chi connectivity index (χ3n) is 2.60. The second kappa shape index (κ2) is 4.99. The summed E-state index contributed by atoms with van der Waals surface area (Å²) >= 11 is 5.43. The Hall–Kier alpha value is -0.0500. The number of aliphatic hydroxyl groups is 1. The van der Waals surface area contributed by atoms with Gasteiger partial charge in [0.1, 0.15) is 0 Å². The van der Waals surface area contributed by atoms with Crippen LogP contribution in [-0.4, -0.2) is 35.7 Å². The first-order chi connectivity index (χ1) is 6.16. The van der Waals surface area contributed by atoms with Crippen LogP contribution in [-0.2, 0) is 0 Å². The average molecular weight is 204 g/mol. The lowest BCUT2D eigenvalue weighted by atomic mass is 10.0. The molecule has 1 fully saturated rings. The Balaban J connectivity index is 2.29. The maximum absolute atomic E-state index is 10.1. The molecule has 1 aliphatic rings. The van der Waals surface area contributed by atoms with E-state index in [0.29, 0.717) is 0 Å². The Morgan fingerprint density at radius 2 is 2.08 bits per heavy atom. The maximum atomic E-state index is 10.1. The molecule has 1 rings (SSSR count). The van der Waals surface area contributed by atoms with Crippen molar-refractivity contribution < 1.29 is 5.11 Å². The molecule has 76 valence electrons. The van der Waals surface area contributed by atoms with Crippen molar-refractivity contribution in [2.75, 3.05) is 20.1 Å². The largest absolute Gasteiger partial charge is 0.389 e. The Morgan fingerprint density at radius 1 is 1.46 bits per heavy atom. The van der Waals surface area contributed by atoms with Gasteiger partial charge in [0.05, 0.1) is 5.60 Å². The van der Waals surface area contributed by atoms with Gasteiger partial charge in [0, 0.05) is 18.6 Å². The fraction of sp³-hybridized carbons (Fsp3) is 0.800. The van der Waals surface area contributed by atoms with Crippen LogP contribution in [0.2, 0.25) is 0 Å². The van der Waals surface area contributed by atoms with Gasteiger partial charge in [-0.05, 0) is 19.9 Å². The van der Waals surface area contributed by atoms with Crippen LogP contribution in [0.4, 0.5) is 0 Å². The highest BCUT2D eigenvalue weighted by molar-refractivity contribution is 6.25. The van der Waals surface area contributed by atoms with Crippen LogP contribution in [0, 0.1) is 0 Å². The lowest BCUT2D eigenvalue weighted by molar-refractivity contribution is 0.0192. The van der Waals surface area contributed by atoms with Gasteiger partial charge in [0.2, 0.25) is 0 Å². The summed E-state index contributed by atoms with van der Waals surface area (Å²) in [6.07, 6.45) is 6.11. The quantitative estimate of drug-likeness (QED) is 0.756. The molecule has 13 heavy (non-hydrogen) atoms. The zero-order chi connectivity index (χ0) is 9.73. The van der Waals surface area contributed by atoms with Crippen LogP contribution in [0.3, 0.4) is 0 Å². The molecule has 0 aromatic carbocycles. The first-order valence-corrected chi connectivity index (χ1v) is 5.26. The van der Waals surface area contributed by atoms with Gasteiger partial charge in [-0.1, -0.05) is 30.5 Å². The SMILES string of the molecule is CN(C/C=C/Cl)CC1(O)CCCC1. The number of likely N-dealkylation sites (N-methyl/N-ethyl adjacent to an activating group) is 1. The summed E-state index contributed by atoms with van der Waals surface area (Å²) in [6, 6.07) is 0. The summed E-state index contributed by atoms with van der Waals surface area (Å²) in [5.74, 6) is 0. The molecule has 1 aliphatic carbocycles. The fourth-order valence-electron chi connectivity index (χ4n) is 1.98. The van der Waals surface area contributed by atoms with Crippen LogP contribution in [0.5, 0.6) is 0 Å². The smallest absolute Gasteiger partial charge is 0.0774 e. The van der Waals surface area contributed by atoms with E-state index in [9.17, 15) is 5.11 Å². The molecule has 0 aromatic heterocycles. The summed E-state index contributed by atoms with van der Waals surface area (Å²) in [7, 11) is 2.01. The Morgan fingerprint density at radius 3 is 2.62 bits per heavy atom. The second-order valence-corrected chi connectivity index (χ2v) is 4.24. The monoisotopic (exact) mass is 203 g/mol. The first kappa shape index (κ1) is 11.0. The Labute approximate surface area is 85.2 Å². The molecule has 0 heterocycles. The van der Waals surface area contributed by atoms with Crippen molar-refractivity contribution in [2.24, 2.45) is 0 Å². The lowest BCUT2D eigenvalue weighted by Gasteiger charge is -2.27. The van der Waals surface area contributed by atoms with Gasteiger partial charge in [0.25, 0.3) is 0 Å². The van der Waals surface area contributed by atoms with Crippen LogP contribution in [0.1, 0.15) is 25.7 Å². The standard InChI is InChI=1S/C10H18ClNO/c1-12(8-4-7-11)9-10(13)5-2-3-6-10/h4,7,13H,2-3,5-6,8-9H2,1H3/b7-4+. The molecule has 0 spiro atoms. The van der Waals surface area contributed by atoms with E-state index < -0.39 is 5.60 Å². The summed E-state index contributed by atoms with van der Waals surface area (Å²) in [4.78, 5) is 2.10. The first-order valence-electron chi connectivity index (χ1n) is 4.82. The van der Waals surface area contributed by atoms with Crippen LogP contribution >= 0.6 is 11.6 Å². The molecule has 0 unspecified atom stereocenters. The van der Waals surface area contributed by atoms with Crippen molar-refractivity contribution in [1.29, 1.82) is 0 Å². The third-order valence-corrected chi connectivity index (χ3v) is 2.78. The van der Waals surface area contributed by atoms with E-state index in [2.05, 4.69) is 4.90 Å². The summed E-state index contributed by atoms with van der Waals surface area (Å²) in [5.41, 5.74) is 1.09. The van der Waals surface area contributed by atoms with Crippen LogP contribution in [0.25, 0.3) is 0 Å². The van der Waals surface area contributed by atoms with E-state index in [1.54, 1.807) is 0 Å². The molecule has 0 aliphatic heterocycles. The van der Waals surface area contributed by atoms with Crippen LogP contribution < -0.4 is 0 Å². The van der Waals surface area contributed by atoms with Gasteiger partial charge in [-0.2, -0.15) is 0 Å². The highest BCUT2D eigenvalue weighted by Crippen LogP contribution is 2.29. The summed E-state index contributed by atoms with van der Waals surface area (Å²) < 4.78 is 0. The Kier molecular flexibility index (Phi) is 4.23. The van der Waals surface area contributed by atoms with E-state index in [0.717, 1.165) is 38.8 Å². The molecule has 0 aromatic rings. The highest BCUT2D eigenvalue weighted by atomic mass is 35.5. The molecular weight excluding hydrogens is 186 g/mol. The number of nitrogens with zero attached hydrogens (tertiary/aromatic N) is 1. The van der Waals surface area contributed by atoms with Gasteiger partial charge in [-0.25, -0.2) is 0 Å². The molecule has 1 saturated carbocycles. The number of rotatable bonds is 4. The summed E-state index contributed by atoms with van der Waals surface area (Å²) in [6.45, 7) is 1.57. The minimum absolute atomic E-state index is 0.436. The highest BCUT2D eigenvalue weighted by Gasteiger charge is 2.31. The van der Waals surface area contributed by atoms with Crippen LogP contribution in [0.15, 0.2) is 11.6 Å². The molecule has 0 amide bonds. The van der Waals surface area contributed by atoms with Gasteiger partial charge in [-0.3, -0.25) is 4.90 Å². The molecule has 0 atom stereocenters. The predicted octanol–water partition coefficient (Wildman–Crippen LogP) is 1.98. The molecule has 0 bridgehead atoms. The predicted molar refractivity (Wildman–Crippen MR) is 55.9 cm³/mol. The lowest BCUT2D eigenvalue weighted by Crippen LogP contribution is -2.39. The molecule has 3 heteroatoms. The molecule has 1 N–H and O–H groups in total. The number of hydrogen-bond acceptors (Lipinski definition) is 2. The topological polar surface area (TPSA) is 23.5 Å². The van der Waals surface area contributed by atoms with Gasteiger partial charge in [-0.15, -0.1) is 0 Å². The van der Waals surface area contributed by atoms with Gasteiger partial charge < -0.3 is 5.11 Å². The normalized spacial score (nSPS) is 21.8. The van der Waals surface area contributed by atoms with Gasteiger partial charge in [0.15, 0.2) is 0 Å². The van der Waals surface area contributed by atoms with Crippen molar-refractivity contribution in [3.8, 4) is 0 Å². The van der Waals surface area contributed by atoms with E-state index in [-0.39, 0.29) is 0 Å². The van der Waals surface area contributed by atoms with E-state index in [1.165, 1.54) is 5.54 Å².